The van der Waals surface area contributed by atoms with E-state index in [1.54, 1.807) is 36.4 Å². The minimum atomic E-state index is -2.02. The smallest absolute Gasteiger partial charge is 0.363 e. The van der Waals surface area contributed by atoms with Gasteiger partial charge in [0.1, 0.15) is 5.75 Å². The summed E-state index contributed by atoms with van der Waals surface area (Å²) >= 11 is 5.93. The van der Waals surface area contributed by atoms with Crippen molar-refractivity contribution >= 4 is 29.6 Å². The molecule has 0 saturated heterocycles. The number of halogens is 1. The van der Waals surface area contributed by atoms with E-state index in [-0.39, 0.29) is 6.79 Å². The van der Waals surface area contributed by atoms with Crippen LogP contribution in [0.3, 0.4) is 0 Å². The quantitative estimate of drug-likeness (QED) is 0.558. The molecular formula is C21H17ClO7. The van der Waals surface area contributed by atoms with E-state index in [0.29, 0.717) is 27.8 Å². The first kappa shape index (κ1) is 19.1. The maximum absolute atomic E-state index is 12.8. The Hall–Kier alpha value is -3.19. The van der Waals surface area contributed by atoms with Crippen LogP contribution in [0.25, 0.3) is 6.08 Å². The summed E-state index contributed by atoms with van der Waals surface area (Å²) in [5, 5.41) is 0.600. The molecule has 7 nitrogen and oxygen atoms in total. The van der Waals surface area contributed by atoms with Gasteiger partial charge < -0.3 is 23.7 Å². The summed E-state index contributed by atoms with van der Waals surface area (Å²) in [7, 11) is 2.37. The number of carbonyl (C=O) groups excluding carboxylic acids is 2. The fourth-order valence-corrected chi connectivity index (χ4v) is 3.60. The van der Waals surface area contributed by atoms with Crippen molar-refractivity contribution in [3.8, 4) is 17.2 Å². The van der Waals surface area contributed by atoms with Crippen LogP contribution in [0.1, 0.15) is 17.0 Å². The summed E-state index contributed by atoms with van der Waals surface area (Å²) in [6.45, 7) is 0.0860. The number of hydrogen-bond donors (Lipinski definition) is 0. The SMILES string of the molecule is COC(=O)C1(C(=O)OC)Oc2cc3c(cc2[C@@H]1/C=C/c1ccc(Cl)cc1)OCO3. The highest BCUT2D eigenvalue weighted by molar-refractivity contribution is 6.30. The van der Waals surface area contributed by atoms with Crippen LogP contribution in [0.15, 0.2) is 42.5 Å². The highest BCUT2D eigenvalue weighted by Gasteiger charge is 2.62. The molecule has 0 radical (unpaired) electrons. The molecule has 2 aromatic rings. The van der Waals surface area contributed by atoms with Crippen LogP contribution in [0.4, 0.5) is 0 Å². The van der Waals surface area contributed by atoms with Crippen LogP contribution in [0.2, 0.25) is 5.02 Å². The highest BCUT2D eigenvalue weighted by Crippen LogP contribution is 2.51. The summed E-state index contributed by atoms with van der Waals surface area (Å²) in [5.74, 6) is -1.27. The zero-order valence-electron chi connectivity index (χ0n) is 15.6. The molecule has 0 unspecified atom stereocenters. The summed E-state index contributed by atoms with van der Waals surface area (Å²) in [6.07, 6.45) is 3.47. The van der Waals surface area contributed by atoms with Crippen LogP contribution in [0.5, 0.6) is 17.2 Å². The zero-order valence-corrected chi connectivity index (χ0v) is 16.4. The Morgan fingerprint density at radius 3 is 2.28 bits per heavy atom. The lowest BCUT2D eigenvalue weighted by molar-refractivity contribution is -0.176. The molecule has 0 N–H and O–H groups in total. The van der Waals surface area contributed by atoms with Gasteiger partial charge in [0.05, 0.1) is 20.1 Å². The summed E-state index contributed by atoms with van der Waals surface area (Å²) in [6, 6.07) is 10.4. The van der Waals surface area contributed by atoms with Crippen molar-refractivity contribution in [2.75, 3.05) is 21.0 Å². The van der Waals surface area contributed by atoms with Crippen molar-refractivity contribution in [2.24, 2.45) is 0 Å². The third-order valence-corrected chi connectivity index (χ3v) is 5.13. The van der Waals surface area contributed by atoms with Gasteiger partial charge in [-0.3, -0.25) is 0 Å². The molecule has 0 fully saturated rings. The maximum atomic E-state index is 12.8. The van der Waals surface area contributed by atoms with Gasteiger partial charge in [-0.15, -0.1) is 0 Å². The van der Waals surface area contributed by atoms with E-state index >= 15 is 0 Å². The maximum Gasteiger partial charge on any atom is 0.363 e. The minimum absolute atomic E-state index is 0.0860. The van der Waals surface area contributed by atoms with Gasteiger partial charge >= 0.3 is 17.5 Å². The Balaban J connectivity index is 1.84. The van der Waals surface area contributed by atoms with Gasteiger partial charge in [0.15, 0.2) is 11.5 Å². The number of benzene rings is 2. The minimum Gasteiger partial charge on any atom is -0.466 e. The van der Waals surface area contributed by atoms with Crippen molar-refractivity contribution < 1.29 is 33.3 Å². The Kier molecular flexibility index (Phi) is 4.84. The molecule has 2 aromatic carbocycles. The van der Waals surface area contributed by atoms with Crippen molar-refractivity contribution in [1.29, 1.82) is 0 Å². The normalized spacial score (nSPS) is 18.2. The van der Waals surface area contributed by atoms with Gasteiger partial charge in [-0.1, -0.05) is 35.9 Å². The first-order chi connectivity index (χ1) is 14.0. The third-order valence-electron chi connectivity index (χ3n) is 4.88. The van der Waals surface area contributed by atoms with E-state index in [1.165, 1.54) is 14.2 Å². The van der Waals surface area contributed by atoms with Crippen LogP contribution in [-0.4, -0.2) is 38.6 Å². The molecule has 1 atom stereocenters. The van der Waals surface area contributed by atoms with Crippen molar-refractivity contribution in [3.63, 3.8) is 0 Å². The second-order valence-corrected chi connectivity index (χ2v) is 6.89. The van der Waals surface area contributed by atoms with Crippen LogP contribution >= 0.6 is 11.6 Å². The van der Waals surface area contributed by atoms with E-state index in [9.17, 15) is 9.59 Å². The molecular weight excluding hydrogens is 400 g/mol. The van der Waals surface area contributed by atoms with E-state index in [0.717, 1.165) is 5.56 Å². The number of methoxy groups -OCH3 is 2. The number of carbonyl (C=O) groups is 2. The standard InChI is InChI=1S/C21H17ClO7/c1-25-19(23)21(20(24)26-2)15(8-5-12-3-6-13(22)7-4-12)14-9-17-18(28-11-27-17)10-16(14)29-21/h3-10,15H,11H2,1-2H3/b8-5+/t15-/m0/s1. The van der Waals surface area contributed by atoms with Crippen LogP contribution < -0.4 is 14.2 Å². The number of esters is 2. The zero-order chi connectivity index (χ0) is 20.6. The summed E-state index contributed by atoms with van der Waals surface area (Å²) < 4.78 is 26.5. The van der Waals surface area contributed by atoms with E-state index in [1.807, 2.05) is 12.1 Å². The van der Waals surface area contributed by atoms with Gasteiger partial charge in [0.25, 0.3) is 0 Å². The lowest BCUT2D eigenvalue weighted by atomic mass is 9.83. The Morgan fingerprint density at radius 1 is 1.03 bits per heavy atom. The average molecular weight is 417 g/mol. The second kappa shape index (κ2) is 7.33. The molecule has 0 amide bonds. The molecule has 0 saturated carbocycles. The lowest BCUT2D eigenvalue weighted by Gasteiger charge is -2.27. The second-order valence-electron chi connectivity index (χ2n) is 6.45. The Bertz CT molecular complexity index is 981. The molecule has 8 heteroatoms. The predicted molar refractivity (Wildman–Crippen MR) is 103 cm³/mol. The average Bonchev–Trinajstić information content (AvgIpc) is 3.32. The van der Waals surface area contributed by atoms with Crippen molar-refractivity contribution in [3.05, 3.63) is 58.6 Å². The fraction of sp³-hybridized carbons (Fsp3) is 0.238. The third kappa shape index (κ3) is 3.07. The number of hydrogen-bond acceptors (Lipinski definition) is 7. The van der Waals surface area contributed by atoms with Gasteiger partial charge in [-0.25, -0.2) is 9.59 Å². The molecule has 150 valence electrons. The van der Waals surface area contributed by atoms with Gasteiger partial charge in [0.2, 0.25) is 6.79 Å². The first-order valence-electron chi connectivity index (χ1n) is 8.72. The highest BCUT2D eigenvalue weighted by atomic mass is 35.5. The fourth-order valence-electron chi connectivity index (χ4n) is 3.47. The molecule has 0 bridgehead atoms. The van der Waals surface area contributed by atoms with E-state index < -0.39 is 23.5 Å². The van der Waals surface area contributed by atoms with E-state index in [4.69, 9.17) is 35.3 Å². The molecule has 4 rings (SSSR count). The molecule has 2 aliphatic rings. The largest absolute Gasteiger partial charge is 0.466 e. The molecule has 29 heavy (non-hydrogen) atoms. The van der Waals surface area contributed by atoms with Crippen LogP contribution in [0, 0.1) is 0 Å². The van der Waals surface area contributed by atoms with Gasteiger partial charge in [0, 0.05) is 16.7 Å². The van der Waals surface area contributed by atoms with Crippen molar-refractivity contribution in [1.82, 2.24) is 0 Å². The summed E-state index contributed by atoms with van der Waals surface area (Å²) in [5.41, 5.74) is -0.619. The monoisotopic (exact) mass is 416 g/mol. The topological polar surface area (TPSA) is 80.3 Å². The molecule has 2 heterocycles. The molecule has 0 aliphatic carbocycles. The molecule has 0 aromatic heterocycles. The predicted octanol–water partition coefficient (Wildman–Crippen LogP) is 3.34. The summed E-state index contributed by atoms with van der Waals surface area (Å²) in [4.78, 5) is 25.5. The van der Waals surface area contributed by atoms with Gasteiger partial charge in [-0.2, -0.15) is 0 Å². The number of fused-ring (bicyclic) bond motifs is 2. The number of ether oxygens (including phenoxy) is 5. The lowest BCUT2D eigenvalue weighted by Crippen LogP contribution is -2.54. The van der Waals surface area contributed by atoms with Crippen molar-refractivity contribution in [2.45, 2.75) is 11.5 Å². The molecule has 0 spiro atoms. The molecule has 2 aliphatic heterocycles. The number of rotatable bonds is 4. The van der Waals surface area contributed by atoms with Crippen LogP contribution in [-0.2, 0) is 19.1 Å². The Labute approximate surface area is 171 Å². The Morgan fingerprint density at radius 2 is 1.66 bits per heavy atom. The van der Waals surface area contributed by atoms with E-state index in [2.05, 4.69) is 0 Å². The first-order valence-corrected chi connectivity index (χ1v) is 9.10. The van der Waals surface area contributed by atoms with Gasteiger partial charge in [-0.05, 0) is 23.8 Å².